The van der Waals surface area contributed by atoms with E-state index in [4.69, 9.17) is 9.47 Å². The van der Waals surface area contributed by atoms with Crippen LogP contribution in [-0.4, -0.2) is 33.8 Å². The van der Waals surface area contributed by atoms with Gasteiger partial charge in [0, 0.05) is 5.56 Å². The van der Waals surface area contributed by atoms with Crippen LogP contribution in [0.2, 0.25) is 0 Å². The molecule has 0 fully saturated rings. The third-order valence-corrected chi connectivity index (χ3v) is 7.15. The van der Waals surface area contributed by atoms with Crippen LogP contribution in [0.15, 0.2) is 59.7 Å². The maximum absolute atomic E-state index is 13.4. The van der Waals surface area contributed by atoms with Gasteiger partial charge in [0.2, 0.25) is 0 Å². The molecule has 9 nitrogen and oxygen atoms in total. The molecule has 182 valence electrons. The van der Waals surface area contributed by atoms with E-state index in [0.29, 0.717) is 32.3 Å². The van der Waals surface area contributed by atoms with Gasteiger partial charge in [-0.2, -0.15) is 0 Å². The van der Waals surface area contributed by atoms with Gasteiger partial charge in [-0.05, 0) is 43.2 Å². The van der Waals surface area contributed by atoms with E-state index in [0.717, 1.165) is 16.9 Å². The number of ketones is 1. The Morgan fingerprint density at radius 3 is 2.75 bits per heavy atom. The maximum Gasteiger partial charge on any atom is 0.349 e. The van der Waals surface area contributed by atoms with Crippen LogP contribution < -0.4 is 15.6 Å². The van der Waals surface area contributed by atoms with E-state index in [2.05, 4.69) is 10.3 Å². The van der Waals surface area contributed by atoms with E-state index in [1.807, 2.05) is 30.3 Å². The first kappa shape index (κ1) is 23.4. The van der Waals surface area contributed by atoms with Crippen molar-refractivity contribution in [2.45, 2.75) is 26.5 Å². The number of hydrogen-bond donors (Lipinski definition) is 1. The van der Waals surface area contributed by atoms with Crippen molar-refractivity contribution in [2.75, 3.05) is 11.9 Å². The van der Waals surface area contributed by atoms with E-state index < -0.39 is 17.6 Å². The molecule has 4 aromatic rings. The number of thiophene rings is 1. The number of fused-ring (bicyclic) bond motifs is 2. The molecule has 0 bridgehead atoms. The zero-order valence-electron chi connectivity index (χ0n) is 19.4. The highest BCUT2D eigenvalue weighted by Gasteiger charge is 2.25. The molecule has 1 atom stereocenters. The van der Waals surface area contributed by atoms with Crippen LogP contribution in [0, 0.1) is 6.92 Å². The smallest absolute Gasteiger partial charge is 0.349 e. The van der Waals surface area contributed by atoms with Gasteiger partial charge in [0.1, 0.15) is 22.1 Å². The molecule has 2 aromatic carbocycles. The molecule has 36 heavy (non-hydrogen) atoms. The number of rotatable bonds is 6. The Morgan fingerprint density at radius 2 is 1.97 bits per heavy atom. The summed E-state index contributed by atoms with van der Waals surface area (Å²) in [7, 11) is 0. The van der Waals surface area contributed by atoms with Crippen molar-refractivity contribution in [3.05, 3.63) is 86.8 Å². The van der Waals surface area contributed by atoms with Crippen molar-refractivity contribution in [3.63, 3.8) is 0 Å². The summed E-state index contributed by atoms with van der Waals surface area (Å²) in [6.07, 6.45) is 1.31. The molecule has 0 radical (unpaired) electrons. The number of esters is 1. The lowest BCUT2D eigenvalue weighted by molar-refractivity contribution is -0.118. The third kappa shape index (κ3) is 4.27. The normalized spacial score (nSPS) is 13.4. The second kappa shape index (κ2) is 9.38. The van der Waals surface area contributed by atoms with Crippen LogP contribution >= 0.6 is 11.3 Å². The summed E-state index contributed by atoms with van der Waals surface area (Å²) in [5.41, 5.74) is 1.61. The highest BCUT2D eigenvalue weighted by atomic mass is 32.1. The molecule has 3 heterocycles. The Hall–Kier alpha value is -4.31. The Bertz CT molecular complexity index is 1570. The van der Waals surface area contributed by atoms with Gasteiger partial charge in [0.25, 0.3) is 11.5 Å². The molecule has 1 unspecified atom stereocenters. The van der Waals surface area contributed by atoms with Gasteiger partial charge < -0.3 is 14.8 Å². The summed E-state index contributed by atoms with van der Waals surface area (Å²) < 4.78 is 12.0. The average Bonchev–Trinajstić information content (AvgIpc) is 3.24. The van der Waals surface area contributed by atoms with Crippen molar-refractivity contribution >= 4 is 44.9 Å². The fraction of sp³-hybridized carbons (Fsp3) is 0.192. The molecular weight excluding hydrogens is 482 g/mol. The zero-order chi connectivity index (χ0) is 25.4. The number of nitrogens with zero attached hydrogens (tertiary/aromatic N) is 2. The molecule has 1 N–H and O–H groups in total. The average molecular weight is 504 g/mol. The first-order valence-corrected chi connectivity index (χ1v) is 12.0. The number of carbonyl (C=O) groups is 3. The molecular formula is C26H21N3O6S. The fourth-order valence-electron chi connectivity index (χ4n) is 4.00. The Kier molecular flexibility index (Phi) is 6.11. The van der Waals surface area contributed by atoms with Gasteiger partial charge in [0.05, 0.1) is 23.4 Å². The minimum Gasteiger partial charge on any atom is -0.482 e. The number of Topliss-reactive ketones (excluding diaryl/α,β-unsaturated/α-hetero) is 1. The highest BCUT2D eigenvalue weighted by molar-refractivity contribution is 7.20. The lowest BCUT2D eigenvalue weighted by Crippen LogP contribution is -2.29. The van der Waals surface area contributed by atoms with Crippen LogP contribution in [0.4, 0.5) is 5.69 Å². The number of hydrogen-bond acceptors (Lipinski definition) is 8. The number of nitrogens with one attached hydrogen (secondary N) is 1. The van der Waals surface area contributed by atoms with E-state index in [-0.39, 0.29) is 30.3 Å². The lowest BCUT2D eigenvalue weighted by atomic mass is 10.0. The summed E-state index contributed by atoms with van der Waals surface area (Å²) in [6.45, 7) is 3.30. The van der Waals surface area contributed by atoms with E-state index in [1.165, 1.54) is 17.0 Å². The molecule has 2 aromatic heterocycles. The van der Waals surface area contributed by atoms with Gasteiger partial charge in [-0.15, -0.1) is 11.3 Å². The first-order valence-electron chi connectivity index (χ1n) is 11.2. The van der Waals surface area contributed by atoms with Gasteiger partial charge in [-0.3, -0.25) is 19.0 Å². The molecule has 0 saturated heterocycles. The first-order chi connectivity index (χ1) is 17.3. The quantitative estimate of drug-likeness (QED) is 0.313. The van der Waals surface area contributed by atoms with E-state index >= 15 is 0 Å². The Labute approximate surface area is 209 Å². The number of amides is 1. The van der Waals surface area contributed by atoms with Crippen LogP contribution in [0.25, 0.3) is 10.2 Å². The number of aromatic nitrogens is 2. The molecule has 0 saturated carbocycles. The highest BCUT2D eigenvalue weighted by Crippen LogP contribution is 2.31. The standard InChI is InChI=1S/C26H21N3O6S/c1-14-21-24(36-23(14)26(33)35-11-16-6-4-3-5-7-16)27-13-29(25(21)32)15(2)22(31)17-8-9-19-18(10-17)28-20(30)12-34-19/h3-10,13,15H,11-12H2,1-2H3,(H,28,30). The van der Waals surface area contributed by atoms with Crippen LogP contribution in [0.5, 0.6) is 5.75 Å². The zero-order valence-corrected chi connectivity index (χ0v) is 20.3. The summed E-state index contributed by atoms with van der Waals surface area (Å²) in [5, 5.41) is 2.95. The molecule has 5 rings (SSSR count). The van der Waals surface area contributed by atoms with Crippen molar-refractivity contribution in [2.24, 2.45) is 0 Å². The van der Waals surface area contributed by atoms with E-state index in [1.54, 1.807) is 26.0 Å². The lowest BCUT2D eigenvalue weighted by Gasteiger charge is -2.19. The summed E-state index contributed by atoms with van der Waals surface area (Å²) in [4.78, 5) is 56.0. The minimum absolute atomic E-state index is 0.0838. The number of aryl methyl sites for hydroxylation is 1. The topological polar surface area (TPSA) is 117 Å². The maximum atomic E-state index is 13.4. The van der Waals surface area contributed by atoms with E-state index in [9.17, 15) is 19.2 Å². The van der Waals surface area contributed by atoms with Crippen molar-refractivity contribution < 1.29 is 23.9 Å². The summed E-state index contributed by atoms with van der Waals surface area (Å²) in [5.74, 6) is -0.708. The second-order valence-corrected chi connectivity index (χ2v) is 9.34. The molecule has 1 amide bonds. The SMILES string of the molecule is Cc1c(C(=O)OCc2ccccc2)sc2ncn(C(C)C(=O)c3ccc4c(c3)NC(=O)CO4)c(=O)c12. The van der Waals surface area contributed by atoms with Gasteiger partial charge >= 0.3 is 5.97 Å². The fourth-order valence-corrected chi connectivity index (χ4v) is 5.03. The number of ether oxygens (including phenoxy) is 2. The number of anilines is 1. The largest absolute Gasteiger partial charge is 0.482 e. The van der Waals surface area contributed by atoms with Crippen LogP contribution in [0.1, 0.15) is 44.1 Å². The molecule has 0 aliphatic carbocycles. The van der Waals surface area contributed by atoms with Crippen molar-refractivity contribution in [1.82, 2.24) is 9.55 Å². The predicted molar refractivity (Wildman–Crippen MR) is 134 cm³/mol. The van der Waals surface area contributed by atoms with Crippen LogP contribution in [-0.2, 0) is 16.1 Å². The van der Waals surface area contributed by atoms with Gasteiger partial charge in [-0.25, -0.2) is 9.78 Å². The second-order valence-electron chi connectivity index (χ2n) is 8.34. The van der Waals surface area contributed by atoms with Gasteiger partial charge in [-0.1, -0.05) is 30.3 Å². The molecule has 1 aliphatic rings. The number of benzene rings is 2. The Balaban J connectivity index is 1.42. The minimum atomic E-state index is -0.875. The number of carbonyl (C=O) groups excluding carboxylic acids is 3. The monoisotopic (exact) mass is 503 g/mol. The molecule has 1 aliphatic heterocycles. The Morgan fingerprint density at radius 1 is 1.19 bits per heavy atom. The molecule has 0 spiro atoms. The summed E-state index contributed by atoms with van der Waals surface area (Å²) >= 11 is 1.08. The van der Waals surface area contributed by atoms with Crippen molar-refractivity contribution in [3.8, 4) is 5.75 Å². The van der Waals surface area contributed by atoms with Crippen LogP contribution in [0.3, 0.4) is 0 Å². The molecule has 10 heteroatoms. The summed E-state index contributed by atoms with van der Waals surface area (Å²) in [6, 6.07) is 13.1. The third-order valence-electron chi connectivity index (χ3n) is 5.97. The predicted octanol–water partition coefficient (Wildman–Crippen LogP) is 3.90. The van der Waals surface area contributed by atoms with Crippen molar-refractivity contribution in [1.29, 1.82) is 0 Å². The van der Waals surface area contributed by atoms with Gasteiger partial charge in [0.15, 0.2) is 12.4 Å².